The van der Waals surface area contributed by atoms with Crippen molar-refractivity contribution in [3.63, 3.8) is 0 Å². The second-order valence-electron chi connectivity index (χ2n) is 5.83. The van der Waals surface area contributed by atoms with Crippen molar-refractivity contribution in [3.8, 4) is 5.75 Å². The van der Waals surface area contributed by atoms with Crippen LogP contribution in [0.4, 0.5) is 0 Å². The maximum Gasteiger partial charge on any atom is 0.193 e. The van der Waals surface area contributed by atoms with Gasteiger partial charge >= 0.3 is 0 Å². The van der Waals surface area contributed by atoms with Crippen molar-refractivity contribution in [1.29, 1.82) is 0 Å². The highest BCUT2D eigenvalue weighted by Gasteiger charge is 2.07. The van der Waals surface area contributed by atoms with E-state index in [0.29, 0.717) is 0 Å². The lowest BCUT2D eigenvalue weighted by atomic mass is 10.2. The molecule has 1 aromatic carbocycles. The van der Waals surface area contributed by atoms with Crippen LogP contribution in [0.15, 0.2) is 29.3 Å². The van der Waals surface area contributed by atoms with Crippen LogP contribution in [0.1, 0.15) is 25.3 Å². The Bertz CT molecular complexity index is 465. The van der Waals surface area contributed by atoms with Crippen molar-refractivity contribution in [2.45, 2.75) is 26.3 Å². The summed E-state index contributed by atoms with van der Waals surface area (Å²) in [4.78, 5) is 8.85. The van der Waals surface area contributed by atoms with Gasteiger partial charge in [-0.25, -0.2) is 0 Å². The fourth-order valence-corrected chi connectivity index (χ4v) is 2.36. The first-order chi connectivity index (χ1) is 11.1. The number of halogens is 1. The van der Waals surface area contributed by atoms with E-state index < -0.39 is 0 Å². The number of rotatable bonds is 9. The SMILES string of the molecule is CCCCN(C)CCNC(=NC)N(C)Cc1ccc(OC)cc1.I. The number of likely N-dealkylation sites (N-methyl/N-ethyl adjacent to an activating group) is 1. The number of ether oxygens (including phenoxy) is 1. The highest BCUT2D eigenvalue weighted by molar-refractivity contribution is 14.0. The quantitative estimate of drug-likeness (QED) is 0.358. The first-order valence-electron chi connectivity index (χ1n) is 8.34. The summed E-state index contributed by atoms with van der Waals surface area (Å²) in [5, 5.41) is 3.43. The van der Waals surface area contributed by atoms with E-state index in [4.69, 9.17) is 4.74 Å². The molecular weight excluding hydrogens is 415 g/mol. The molecular formula is C18H33IN4O. The van der Waals surface area contributed by atoms with Gasteiger partial charge in [0.15, 0.2) is 5.96 Å². The molecule has 0 fully saturated rings. The number of benzene rings is 1. The molecule has 24 heavy (non-hydrogen) atoms. The molecule has 1 aromatic rings. The Balaban J connectivity index is 0.00000529. The Hall–Kier alpha value is -1.02. The smallest absolute Gasteiger partial charge is 0.193 e. The van der Waals surface area contributed by atoms with Crippen LogP contribution in [-0.4, -0.2) is 63.6 Å². The topological polar surface area (TPSA) is 40.1 Å². The summed E-state index contributed by atoms with van der Waals surface area (Å²) in [5.74, 6) is 1.80. The molecule has 6 heteroatoms. The predicted octanol–water partition coefficient (Wildman–Crippen LogP) is 3.05. The number of methoxy groups -OCH3 is 1. The number of nitrogens with zero attached hydrogens (tertiary/aromatic N) is 3. The Morgan fingerprint density at radius 2 is 1.83 bits per heavy atom. The molecule has 1 rings (SSSR count). The summed E-state index contributed by atoms with van der Waals surface area (Å²) in [5.41, 5.74) is 1.23. The lowest BCUT2D eigenvalue weighted by Gasteiger charge is -2.23. The molecule has 0 aliphatic heterocycles. The lowest BCUT2D eigenvalue weighted by Crippen LogP contribution is -2.41. The molecule has 1 N–H and O–H groups in total. The Morgan fingerprint density at radius 1 is 1.17 bits per heavy atom. The summed E-state index contributed by atoms with van der Waals surface area (Å²) in [7, 11) is 7.74. The molecule has 0 aliphatic carbocycles. The molecule has 0 radical (unpaired) electrons. The monoisotopic (exact) mass is 448 g/mol. The van der Waals surface area contributed by atoms with Gasteiger partial charge in [-0.3, -0.25) is 4.99 Å². The minimum Gasteiger partial charge on any atom is -0.497 e. The number of guanidine groups is 1. The lowest BCUT2D eigenvalue weighted by molar-refractivity contribution is 0.330. The maximum atomic E-state index is 5.19. The third-order valence-corrected chi connectivity index (χ3v) is 3.82. The minimum atomic E-state index is 0. The first kappa shape index (κ1) is 23.0. The molecule has 0 saturated carbocycles. The van der Waals surface area contributed by atoms with Crippen molar-refractivity contribution in [2.75, 3.05) is 47.9 Å². The molecule has 0 saturated heterocycles. The van der Waals surface area contributed by atoms with E-state index in [9.17, 15) is 0 Å². The largest absolute Gasteiger partial charge is 0.497 e. The van der Waals surface area contributed by atoms with Gasteiger partial charge in [-0.15, -0.1) is 24.0 Å². The fourth-order valence-electron chi connectivity index (χ4n) is 2.36. The normalized spacial score (nSPS) is 11.2. The van der Waals surface area contributed by atoms with Gasteiger partial charge in [0.05, 0.1) is 7.11 Å². The van der Waals surface area contributed by atoms with Crippen LogP contribution in [-0.2, 0) is 6.54 Å². The molecule has 0 spiro atoms. The Labute approximate surface area is 164 Å². The van der Waals surface area contributed by atoms with Crippen LogP contribution < -0.4 is 10.1 Å². The van der Waals surface area contributed by atoms with Crippen LogP contribution in [0.25, 0.3) is 0 Å². The van der Waals surface area contributed by atoms with E-state index >= 15 is 0 Å². The number of hydrogen-bond donors (Lipinski definition) is 1. The Kier molecular flexibility index (Phi) is 12.7. The summed E-state index contributed by atoms with van der Waals surface area (Å²) >= 11 is 0. The van der Waals surface area contributed by atoms with Gasteiger partial charge in [-0.2, -0.15) is 0 Å². The van der Waals surface area contributed by atoms with Gasteiger partial charge in [0.2, 0.25) is 0 Å². The average Bonchev–Trinajstić information content (AvgIpc) is 2.57. The molecule has 0 amide bonds. The van der Waals surface area contributed by atoms with Gasteiger partial charge < -0.3 is 19.9 Å². The van der Waals surface area contributed by atoms with Gasteiger partial charge in [-0.1, -0.05) is 25.5 Å². The van der Waals surface area contributed by atoms with E-state index in [2.05, 4.69) is 53.3 Å². The van der Waals surface area contributed by atoms with E-state index in [1.54, 1.807) is 7.11 Å². The Morgan fingerprint density at radius 3 is 2.38 bits per heavy atom. The highest BCUT2D eigenvalue weighted by atomic mass is 127. The standard InChI is InChI=1S/C18H32N4O.HI/c1-6-7-13-21(3)14-12-20-18(19-2)22(4)15-16-8-10-17(23-5)11-9-16;/h8-11H,6-7,12-15H2,1-5H3,(H,19,20);1H. The summed E-state index contributed by atoms with van der Waals surface area (Å²) in [6, 6.07) is 8.15. The van der Waals surface area contributed by atoms with Crippen LogP contribution in [0.2, 0.25) is 0 Å². The molecule has 0 heterocycles. The fraction of sp³-hybridized carbons (Fsp3) is 0.611. The molecule has 138 valence electrons. The number of nitrogens with one attached hydrogen (secondary N) is 1. The van der Waals surface area contributed by atoms with Crippen molar-refractivity contribution >= 4 is 29.9 Å². The second-order valence-corrected chi connectivity index (χ2v) is 5.83. The average molecular weight is 448 g/mol. The van der Waals surface area contributed by atoms with E-state index in [1.807, 2.05) is 19.2 Å². The molecule has 0 unspecified atom stereocenters. The zero-order valence-corrected chi connectivity index (χ0v) is 18.0. The van der Waals surface area contributed by atoms with Crippen molar-refractivity contribution in [2.24, 2.45) is 4.99 Å². The second kappa shape index (κ2) is 13.3. The third-order valence-electron chi connectivity index (χ3n) is 3.82. The van der Waals surface area contributed by atoms with Gasteiger partial charge in [0, 0.05) is 33.7 Å². The highest BCUT2D eigenvalue weighted by Crippen LogP contribution is 2.12. The van der Waals surface area contributed by atoms with Gasteiger partial charge in [0.1, 0.15) is 5.75 Å². The minimum absolute atomic E-state index is 0. The molecule has 0 aromatic heterocycles. The molecule has 0 atom stereocenters. The number of aliphatic imine (C=N–C) groups is 1. The van der Waals surface area contributed by atoms with Crippen LogP contribution in [0.3, 0.4) is 0 Å². The summed E-state index contributed by atoms with van der Waals surface area (Å²) < 4.78 is 5.19. The number of unbranched alkanes of at least 4 members (excludes halogenated alkanes) is 1. The third kappa shape index (κ3) is 8.73. The van der Waals surface area contributed by atoms with Crippen molar-refractivity contribution < 1.29 is 4.74 Å². The molecule has 0 aliphatic rings. The maximum absolute atomic E-state index is 5.19. The van der Waals surface area contributed by atoms with E-state index in [-0.39, 0.29) is 24.0 Å². The first-order valence-corrected chi connectivity index (χ1v) is 8.34. The predicted molar refractivity (Wildman–Crippen MR) is 114 cm³/mol. The zero-order chi connectivity index (χ0) is 17.1. The number of hydrogen-bond acceptors (Lipinski definition) is 3. The summed E-state index contributed by atoms with van der Waals surface area (Å²) in [6.07, 6.45) is 2.49. The van der Waals surface area contributed by atoms with E-state index in [0.717, 1.165) is 37.9 Å². The summed E-state index contributed by atoms with van der Waals surface area (Å²) in [6.45, 7) is 6.12. The molecule has 5 nitrogen and oxygen atoms in total. The zero-order valence-electron chi connectivity index (χ0n) is 15.7. The van der Waals surface area contributed by atoms with Crippen molar-refractivity contribution in [1.82, 2.24) is 15.1 Å². The van der Waals surface area contributed by atoms with Crippen LogP contribution >= 0.6 is 24.0 Å². The van der Waals surface area contributed by atoms with Gasteiger partial charge in [-0.05, 0) is 37.7 Å². The van der Waals surface area contributed by atoms with Crippen molar-refractivity contribution in [3.05, 3.63) is 29.8 Å². The van der Waals surface area contributed by atoms with Crippen LogP contribution in [0.5, 0.6) is 5.75 Å². The van der Waals surface area contributed by atoms with E-state index in [1.165, 1.54) is 18.4 Å². The van der Waals surface area contributed by atoms with Crippen LogP contribution in [0, 0.1) is 0 Å². The molecule has 0 bridgehead atoms. The van der Waals surface area contributed by atoms with Gasteiger partial charge in [0.25, 0.3) is 0 Å².